The van der Waals surface area contributed by atoms with Gasteiger partial charge in [-0.3, -0.25) is 0 Å². The molecule has 0 aliphatic carbocycles. The lowest BCUT2D eigenvalue weighted by Crippen LogP contribution is -2.19. The van der Waals surface area contributed by atoms with Crippen LogP contribution in [0.5, 0.6) is 0 Å². The first-order valence-corrected chi connectivity index (χ1v) is 4.17. The maximum absolute atomic E-state index is 10.7. The Kier molecular flexibility index (Phi) is 6.45. The number of nitrogens with one attached hydrogen (secondary N) is 1. The van der Waals surface area contributed by atoms with Crippen LogP contribution in [-0.2, 0) is 9.47 Å². The molecule has 6 nitrogen and oxygen atoms in total. The van der Waals surface area contributed by atoms with Crippen molar-refractivity contribution in [1.29, 1.82) is 0 Å². The number of ether oxygens (including phenoxy) is 2. The summed E-state index contributed by atoms with van der Waals surface area (Å²) in [5.74, 6) is 0. The maximum Gasteiger partial charge on any atom is 0.407 e. The molecular formula is C9H14N2O4. The Morgan fingerprint density at radius 2 is 2.13 bits per heavy atom. The standard InChI is InChI=1S/C9H14N2O4/c1-7(6-15-9(13)11-2)4-3-5-14-8(10)12/h3-4H,1,5-6H2,2H3,(H2,10,12)(H,11,13). The van der Waals surface area contributed by atoms with Crippen LogP contribution < -0.4 is 11.1 Å². The number of hydrogen-bond acceptors (Lipinski definition) is 4. The zero-order chi connectivity index (χ0) is 11.7. The van der Waals surface area contributed by atoms with Gasteiger partial charge in [-0.25, -0.2) is 9.59 Å². The number of hydrogen-bond donors (Lipinski definition) is 2. The monoisotopic (exact) mass is 214 g/mol. The summed E-state index contributed by atoms with van der Waals surface area (Å²) in [6.45, 7) is 3.75. The van der Waals surface area contributed by atoms with E-state index in [4.69, 9.17) is 10.5 Å². The molecule has 0 bridgehead atoms. The first-order valence-electron chi connectivity index (χ1n) is 4.17. The predicted molar refractivity (Wildman–Crippen MR) is 54.2 cm³/mol. The van der Waals surface area contributed by atoms with E-state index in [1.165, 1.54) is 7.05 Å². The smallest absolute Gasteiger partial charge is 0.407 e. The van der Waals surface area contributed by atoms with Crippen molar-refractivity contribution < 1.29 is 19.1 Å². The second-order valence-electron chi connectivity index (χ2n) is 2.52. The summed E-state index contributed by atoms with van der Waals surface area (Å²) in [6.07, 6.45) is 1.75. The first-order chi connectivity index (χ1) is 7.06. The van der Waals surface area contributed by atoms with Gasteiger partial charge in [0.05, 0.1) is 0 Å². The molecule has 0 aromatic carbocycles. The molecule has 0 atom stereocenters. The third kappa shape index (κ3) is 8.35. The second-order valence-corrected chi connectivity index (χ2v) is 2.52. The van der Waals surface area contributed by atoms with Gasteiger partial charge in [0, 0.05) is 7.05 Å². The molecular weight excluding hydrogens is 200 g/mol. The van der Waals surface area contributed by atoms with E-state index in [0.717, 1.165) is 0 Å². The first kappa shape index (κ1) is 13.0. The minimum atomic E-state index is -0.841. The van der Waals surface area contributed by atoms with E-state index in [9.17, 15) is 9.59 Å². The molecule has 2 amide bonds. The number of amides is 2. The fraction of sp³-hybridized carbons (Fsp3) is 0.333. The molecule has 0 aliphatic heterocycles. The average molecular weight is 214 g/mol. The van der Waals surface area contributed by atoms with Crippen molar-refractivity contribution in [2.75, 3.05) is 20.3 Å². The Hall–Kier alpha value is -1.98. The van der Waals surface area contributed by atoms with Gasteiger partial charge in [0.2, 0.25) is 0 Å². The maximum atomic E-state index is 10.7. The van der Waals surface area contributed by atoms with E-state index in [2.05, 4.69) is 16.6 Å². The van der Waals surface area contributed by atoms with Crippen molar-refractivity contribution in [1.82, 2.24) is 5.32 Å². The molecule has 0 saturated carbocycles. The van der Waals surface area contributed by atoms with Crippen LogP contribution in [0.3, 0.4) is 0 Å². The molecule has 15 heavy (non-hydrogen) atoms. The van der Waals surface area contributed by atoms with Crippen LogP contribution in [0.1, 0.15) is 0 Å². The van der Waals surface area contributed by atoms with Crippen LogP contribution in [0, 0.1) is 0 Å². The van der Waals surface area contributed by atoms with E-state index >= 15 is 0 Å². The summed E-state index contributed by atoms with van der Waals surface area (Å²) in [4.78, 5) is 20.8. The predicted octanol–water partition coefficient (Wildman–Crippen LogP) is 0.550. The Labute approximate surface area is 87.7 Å². The molecule has 0 radical (unpaired) electrons. The van der Waals surface area contributed by atoms with Crippen LogP contribution in [0.2, 0.25) is 0 Å². The highest BCUT2D eigenvalue weighted by atomic mass is 16.5. The summed E-state index contributed by atoms with van der Waals surface area (Å²) in [5, 5.41) is 2.29. The lowest BCUT2D eigenvalue weighted by Gasteiger charge is -2.02. The Bertz CT molecular complexity index is 273. The van der Waals surface area contributed by atoms with Crippen molar-refractivity contribution >= 4 is 12.2 Å². The van der Waals surface area contributed by atoms with Gasteiger partial charge in [0.1, 0.15) is 13.2 Å². The Morgan fingerprint density at radius 1 is 1.47 bits per heavy atom. The SMILES string of the molecule is C=C(C=CCOC(N)=O)COC(=O)NC. The van der Waals surface area contributed by atoms with Crippen molar-refractivity contribution in [3.05, 3.63) is 24.3 Å². The van der Waals surface area contributed by atoms with Crippen molar-refractivity contribution in [3.63, 3.8) is 0 Å². The lowest BCUT2D eigenvalue weighted by atomic mass is 10.3. The molecule has 0 aromatic rings. The van der Waals surface area contributed by atoms with E-state index in [1.807, 2.05) is 0 Å². The molecule has 0 rings (SSSR count). The second kappa shape index (κ2) is 7.43. The summed E-state index contributed by atoms with van der Waals surface area (Å²) in [6, 6.07) is 0. The van der Waals surface area contributed by atoms with Gasteiger partial charge in [-0.1, -0.05) is 12.7 Å². The van der Waals surface area contributed by atoms with Gasteiger partial charge in [0.15, 0.2) is 0 Å². The molecule has 6 heteroatoms. The average Bonchev–Trinajstić information content (AvgIpc) is 2.20. The normalized spacial score (nSPS) is 9.67. The van der Waals surface area contributed by atoms with Crippen molar-refractivity contribution in [2.24, 2.45) is 5.73 Å². The quantitative estimate of drug-likeness (QED) is 0.654. The van der Waals surface area contributed by atoms with Crippen molar-refractivity contribution in [2.45, 2.75) is 0 Å². The molecule has 0 aliphatic rings. The van der Waals surface area contributed by atoms with Crippen LogP contribution >= 0.6 is 0 Å². The molecule has 0 heterocycles. The molecule has 84 valence electrons. The Morgan fingerprint density at radius 3 is 2.67 bits per heavy atom. The van der Waals surface area contributed by atoms with Gasteiger partial charge < -0.3 is 20.5 Å². The minimum absolute atomic E-state index is 0.0638. The molecule has 0 unspecified atom stereocenters. The van der Waals surface area contributed by atoms with Gasteiger partial charge in [-0.05, 0) is 11.6 Å². The number of carbonyl (C=O) groups is 2. The topological polar surface area (TPSA) is 90.7 Å². The van der Waals surface area contributed by atoms with E-state index in [1.54, 1.807) is 12.2 Å². The van der Waals surface area contributed by atoms with Crippen LogP contribution in [0.4, 0.5) is 9.59 Å². The van der Waals surface area contributed by atoms with Gasteiger partial charge in [-0.2, -0.15) is 0 Å². The number of primary amides is 1. The zero-order valence-electron chi connectivity index (χ0n) is 8.49. The van der Waals surface area contributed by atoms with E-state index in [0.29, 0.717) is 5.57 Å². The highest BCUT2D eigenvalue weighted by Crippen LogP contribution is 1.94. The van der Waals surface area contributed by atoms with Gasteiger partial charge in [0.25, 0.3) is 0 Å². The van der Waals surface area contributed by atoms with E-state index < -0.39 is 12.2 Å². The highest BCUT2D eigenvalue weighted by molar-refractivity contribution is 5.66. The van der Waals surface area contributed by atoms with Gasteiger partial charge in [-0.15, -0.1) is 0 Å². The van der Waals surface area contributed by atoms with Crippen LogP contribution in [-0.4, -0.2) is 32.4 Å². The molecule has 0 saturated heterocycles. The number of nitrogens with two attached hydrogens (primary N) is 1. The molecule has 0 aromatic heterocycles. The van der Waals surface area contributed by atoms with Crippen LogP contribution in [0.25, 0.3) is 0 Å². The fourth-order valence-corrected chi connectivity index (χ4v) is 0.624. The third-order valence-corrected chi connectivity index (χ3v) is 1.27. The molecule has 0 fully saturated rings. The molecule has 0 spiro atoms. The largest absolute Gasteiger partial charge is 0.445 e. The highest BCUT2D eigenvalue weighted by Gasteiger charge is 1.97. The summed E-state index contributed by atoms with van der Waals surface area (Å²) < 4.78 is 9.13. The number of carbonyl (C=O) groups excluding carboxylic acids is 2. The summed E-state index contributed by atoms with van der Waals surface area (Å²) in [5.41, 5.74) is 5.31. The minimum Gasteiger partial charge on any atom is -0.445 e. The fourth-order valence-electron chi connectivity index (χ4n) is 0.624. The number of alkyl carbamates (subject to hydrolysis) is 1. The summed E-state index contributed by atoms with van der Waals surface area (Å²) >= 11 is 0. The number of rotatable bonds is 5. The zero-order valence-corrected chi connectivity index (χ0v) is 8.49. The third-order valence-electron chi connectivity index (χ3n) is 1.27. The molecule has 3 N–H and O–H groups in total. The van der Waals surface area contributed by atoms with E-state index in [-0.39, 0.29) is 13.2 Å². The van der Waals surface area contributed by atoms with Crippen LogP contribution in [0.15, 0.2) is 24.3 Å². The Balaban J connectivity index is 3.64. The van der Waals surface area contributed by atoms with Gasteiger partial charge >= 0.3 is 12.2 Å². The van der Waals surface area contributed by atoms with Crippen molar-refractivity contribution in [3.8, 4) is 0 Å². The summed E-state index contributed by atoms with van der Waals surface area (Å²) in [7, 11) is 1.46. The lowest BCUT2D eigenvalue weighted by molar-refractivity contribution is 0.159.